The van der Waals surface area contributed by atoms with Crippen LogP contribution in [0, 0.1) is 0 Å². The predicted octanol–water partition coefficient (Wildman–Crippen LogP) is 3.13. The van der Waals surface area contributed by atoms with Gasteiger partial charge in [0.25, 0.3) is 0 Å². The lowest BCUT2D eigenvalue weighted by molar-refractivity contribution is 0.310. The van der Waals surface area contributed by atoms with Crippen LogP contribution in [0.1, 0.15) is 19.4 Å². The third-order valence-electron chi connectivity index (χ3n) is 2.89. The molecule has 7 heteroatoms. The third kappa shape index (κ3) is 8.55. The average Bonchev–Trinajstić information content (AvgIpc) is 2.54. The van der Waals surface area contributed by atoms with Crippen molar-refractivity contribution in [2.45, 2.75) is 20.4 Å². The lowest BCUT2D eigenvalue weighted by Gasteiger charge is -2.12. The monoisotopic (exact) mass is 453 g/mol. The van der Waals surface area contributed by atoms with Crippen LogP contribution in [-0.4, -0.2) is 44.8 Å². The summed E-state index contributed by atoms with van der Waals surface area (Å²) in [5.41, 5.74) is 1.09. The molecule has 0 fully saturated rings. The van der Waals surface area contributed by atoms with Gasteiger partial charge in [-0.2, -0.15) is 11.8 Å². The number of halogens is 1. The van der Waals surface area contributed by atoms with Crippen LogP contribution < -0.4 is 20.1 Å². The smallest absolute Gasteiger partial charge is 0.191 e. The van der Waals surface area contributed by atoms with Crippen LogP contribution in [0.5, 0.6) is 11.5 Å². The summed E-state index contributed by atoms with van der Waals surface area (Å²) < 4.78 is 10.9. The van der Waals surface area contributed by atoms with E-state index in [0.29, 0.717) is 13.2 Å². The fraction of sp³-hybridized carbons (Fsp3) is 0.562. The van der Waals surface area contributed by atoms with Crippen LogP contribution in [0.3, 0.4) is 0 Å². The molecule has 0 spiro atoms. The number of rotatable bonds is 9. The van der Waals surface area contributed by atoms with E-state index in [-0.39, 0.29) is 24.0 Å². The minimum Gasteiger partial charge on any atom is -0.493 e. The van der Waals surface area contributed by atoms with Gasteiger partial charge < -0.3 is 20.1 Å². The Bertz CT molecular complexity index is 473. The Balaban J connectivity index is 0.00000484. The van der Waals surface area contributed by atoms with Crippen LogP contribution in [0.4, 0.5) is 0 Å². The molecule has 5 nitrogen and oxygen atoms in total. The molecule has 0 saturated heterocycles. The molecule has 0 atom stereocenters. The van der Waals surface area contributed by atoms with Crippen molar-refractivity contribution in [1.29, 1.82) is 0 Å². The number of hydrogen-bond donors (Lipinski definition) is 2. The summed E-state index contributed by atoms with van der Waals surface area (Å²) in [5, 5.41) is 6.56. The highest BCUT2D eigenvalue weighted by Crippen LogP contribution is 2.28. The van der Waals surface area contributed by atoms with Crippen molar-refractivity contribution in [3.63, 3.8) is 0 Å². The Morgan fingerprint density at radius 3 is 2.61 bits per heavy atom. The van der Waals surface area contributed by atoms with Gasteiger partial charge in [-0.1, -0.05) is 6.07 Å². The maximum Gasteiger partial charge on any atom is 0.191 e. The van der Waals surface area contributed by atoms with Crippen molar-refractivity contribution >= 4 is 41.7 Å². The van der Waals surface area contributed by atoms with Gasteiger partial charge in [0.1, 0.15) is 0 Å². The van der Waals surface area contributed by atoms with Crippen LogP contribution >= 0.6 is 35.7 Å². The minimum absolute atomic E-state index is 0. The first-order valence-corrected chi connectivity index (χ1v) is 8.95. The van der Waals surface area contributed by atoms with Gasteiger partial charge in [0.05, 0.1) is 20.3 Å². The van der Waals surface area contributed by atoms with E-state index >= 15 is 0 Å². The van der Waals surface area contributed by atoms with Crippen molar-refractivity contribution in [3.05, 3.63) is 23.8 Å². The number of aliphatic imine (C=N–C) groups is 1. The molecule has 2 N–H and O–H groups in total. The second kappa shape index (κ2) is 13.6. The fourth-order valence-electron chi connectivity index (χ4n) is 1.87. The molecule has 132 valence electrons. The molecule has 0 aliphatic carbocycles. The first-order valence-electron chi connectivity index (χ1n) is 7.55. The lowest BCUT2D eigenvalue weighted by atomic mass is 10.2. The second-order valence-electron chi connectivity index (χ2n) is 4.53. The van der Waals surface area contributed by atoms with Gasteiger partial charge in [-0.3, -0.25) is 0 Å². The van der Waals surface area contributed by atoms with Crippen molar-refractivity contribution in [1.82, 2.24) is 10.6 Å². The first-order chi connectivity index (χ1) is 10.7. The number of thioether (sulfide) groups is 1. The van der Waals surface area contributed by atoms with Crippen LogP contribution in [0.25, 0.3) is 0 Å². The Labute approximate surface area is 161 Å². The molecule has 0 amide bonds. The number of methoxy groups -OCH3 is 1. The first kappa shape index (κ1) is 22.2. The molecule has 0 radical (unpaired) electrons. The highest BCUT2D eigenvalue weighted by atomic mass is 127. The van der Waals surface area contributed by atoms with Crippen LogP contribution in [-0.2, 0) is 6.54 Å². The Morgan fingerprint density at radius 1 is 1.22 bits per heavy atom. The summed E-state index contributed by atoms with van der Waals surface area (Å²) in [6.45, 7) is 6.98. The number of guanidine groups is 1. The molecule has 0 bridgehead atoms. The summed E-state index contributed by atoms with van der Waals surface area (Å²) in [4.78, 5) is 4.60. The minimum atomic E-state index is 0. The predicted molar refractivity (Wildman–Crippen MR) is 111 cm³/mol. The molecule has 1 aromatic rings. The quantitative estimate of drug-likeness (QED) is 0.261. The number of nitrogens with one attached hydrogen (secondary N) is 2. The lowest BCUT2D eigenvalue weighted by Crippen LogP contribution is -2.38. The number of nitrogens with zero attached hydrogens (tertiary/aromatic N) is 1. The zero-order valence-electron chi connectivity index (χ0n) is 14.3. The third-order valence-corrected chi connectivity index (χ3v) is 3.50. The van der Waals surface area contributed by atoms with Crippen LogP contribution in [0.15, 0.2) is 23.2 Å². The summed E-state index contributed by atoms with van der Waals surface area (Å²) in [6.07, 6.45) is 2.10. The van der Waals surface area contributed by atoms with Gasteiger partial charge in [-0.15, -0.1) is 24.0 Å². The number of benzene rings is 1. The van der Waals surface area contributed by atoms with E-state index in [9.17, 15) is 0 Å². The topological polar surface area (TPSA) is 54.9 Å². The van der Waals surface area contributed by atoms with Gasteiger partial charge in [0.2, 0.25) is 0 Å². The van der Waals surface area contributed by atoms with Gasteiger partial charge in [-0.05, 0) is 37.8 Å². The molecule has 0 saturated carbocycles. The van der Waals surface area contributed by atoms with E-state index < -0.39 is 0 Å². The molecule has 0 aliphatic heterocycles. The second-order valence-corrected chi connectivity index (χ2v) is 5.52. The fourth-order valence-corrected chi connectivity index (χ4v) is 2.17. The average molecular weight is 453 g/mol. The molecular formula is C16H28IN3O2S. The van der Waals surface area contributed by atoms with Gasteiger partial charge >= 0.3 is 0 Å². The standard InChI is InChI=1S/C16H27N3O2S.HI/c1-5-17-16(18-9-10-22-4)19-12-13-7-8-14(21-6-2)15(11-13)20-3;/h7-8,11H,5-6,9-10,12H2,1-4H3,(H2,17,18,19);1H. The Kier molecular flexibility index (Phi) is 13.1. The molecular weight excluding hydrogens is 425 g/mol. The zero-order chi connectivity index (χ0) is 16.2. The van der Waals surface area contributed by atoms with Gasteiger partial charge in [-0.25, -0.2) is 4.99 Å². The van der Waals surface area contributed by atoms with E-state index in [1.165, 1.54) is 0 Å². The van der Waals surface area contributed by atoms with E-state index in [0.717, 1.165) is 41.9 Å². The van der Waals surface area contributed by atoms with Gasteiger partial charge in [0.15, 0.2) is 17.5 Å². The summed E-state index contributed by atoms with van der Waals surface area (Å²) >= 11 is 1.81. The Hall–Kier alpha value is -0.830. The molecule has 0 heterocycles. The number of ether oxygens (including phenoxy) is 2. The van der Waals surface area contributed by atoms with E-state index in [4.69, 9.17) is 9.47 Å². The molecule has 0 aromatic heterocycles. The molecule has 1 aromatic carbocycles. The van der Waals surface area contributed by atoms with Crippen molar-refractivity contribution < 1.29 is 9.47 Å². The summed E-state index contributed by atoms with van der Waals surface area (Å²) in [6, 6.07) is 5.92. The van der Waals surface area contributed by atoms with Crippen LogP contribution in [0.2, 0.25) is 0 Å². The molecule has 0 unspecified atom stereocenters. The zero-order valence-corrected chi connectivity index (χ0v) is 17.5. The van der Waals surface area contributed by atoms with Crippen molar-refractivity contribution in [2.75, 3.05) is 38.8 Å². The highest BCUT2D eigenvalue weighted by Gasteiger charge is 2.05. The molecule has 1 rings (SSSR count). The SMILES string of the molecule is CCNC(=NCc1ccc(OCC)c(OC)c1)NCCSC.I. The molecule has 0 aliphatic rings. The summed E-state index contributed by atoms with van der Waals surface area (Å²) in [7, 11) is 1.65. The normalized spacial score (nSPS) is 10.7. The van der Waals surface area contributed by atoms with Crippen molar-refractivity contribution in [3.8, 4) is 11.5 Å². The van der Waals surface area contributed by atoms with Crippen molar-refractivity contribution in [2.24, 2.45) is 4.99 Å². The molecule has 23 heavy (non-hydrogen) atoms. The highest BCUT2D eigenvalue weighted by molar-refractivity contribution is 14.0. The van der Waals surface area contributed by atoms with E-state index in [1.54, 1.807) is 7.11 Å². The van der Waals surface area contributed by atoms with Gasteiger partial charge in [0, 0.05) is 18.8 Å². The maximum atomic E-state index is 5.52. The number of hydrogen-bond acceptors (Lipinski definition) is 4. The largest absolute Gasteiger partial charge is 0.493 e. The van der Waals surface area contributed by atoms with E-state index in [2.05, 4.69) is 28.8 Å². The maximum absolute atomic E-state index is 5.52. The summed E-state index contributed by atoms with van der Waals surface area (Å²) in [5.74, 6) is 3.41. The Morgan fingerprint density at radius 2 is 2.00 bits per heavy atom. The van der Waals surface area contributed by atoms with E-state index in [1.807, 2.05) is 36.9 Å².